The van der Waals surface area contributed by atoms with Crippen LogP contribution in [0.3, 0.4) is 0 Å². The first kappa shape index (κ1) is 16.4. The van der Waals surface area contributed by atoms with Gasteiger partial charge in [-0.2, -0.15) is 26.3 Å². The van der Waals surface area contributed by atoms with E-state index in [0.717, 1.165) is 11.6 Å². The summed E-state index contributed by atoms with van der Waals surface area (Å²) in [4.78, 5) is 0. The van der Waals surface area contributed by atoms with Crippen LogP contribution < -0.4 is 0 Å². The third kappa shape index (κ3) is 3.81. The number of alkyl halides is 6. The van der Waals surface area contributed by atoms with E-state index in [2.05, 4.69) is 0 Å². The first-order valence-electron chi connectivity index (χ1n) is 6.40. The van der Waals surface area contributed by atoms with Crippen molar-refractivity contribution < 1.29 is 26.3 Å². The van der Waals surface area contributed by atoms with Crippen LogP contribution in [0.15, 0.2) is 42.5 Å². The molecule has 0 unspecified atom stereocenters. The monoisotopic (exact) mass is 318 g/mol. The van der Waals surface area contributed by atoms with E-state index in [1.165, 1.54) is 0 Å². The van der Waals surface area contributed by atoms with Gasteiger partial charge in [-0.1, -0.05) is 35.9 Å². The fourth-order valence-corrected chi connectivity index (χ4v) is 2.21. The van der Waals surface area contributed by atoms with Crippen LogP contribution in [0.25, 0.3) is 0 Å². The number of benzene rings is 2. The van der Waals surface area contributed by atoms with Gasteiger partial charge in [-0.3, -0.25) is 0 Å². The Morgan fingerprint density at radius 1 is 0.818 bits per heavy atom. The Bertz CT molecular complexity index is 667. The van der Waals surface area contributed by atoms with Crippen molar-refractivity contribution in [1.82, 2.24) is 0 Å². The average Bonchev–Trinajstić information content (AvgIpc) is 2.36. The maximum atomic E-state index is 13.0. The largest absolute Gasteiger partial charge is 0.416 e. The molecule has 0 bridgehead atoms. The van der Waals surface area contributed by atoms with Crippen LogP contribution in [0.5, 0.6) is 0 Å². The molecule has 0 fully saturated rings. The van der Waals surface area contributed by atoms with E-state index >= 15 is 0 Å². The van der Waals surface area contributed by atoms with Crippen LogP contribution in [-0.2, 0) is 18.8 Å². The molecule has 0 saturated heterocycles. The molecule has 0 aromatic heterocycles. The molecule has 22 heavy (non-hydrogen) atoms. The summed E-state index contributed by atoms with van der Waals surface area (Å²) >= 11 is 0. The molecule has 118 valence electrons. The molecule has 2 aromatic rings. The first-order chi connectivity index (χ1) is 10.1. The molecular weight excluding hydrogens is 306 g/mol. The van der Waals surface area contributed by atoms with Crippen LogP contribution in [0.1, 0.15) is 27.8 Å². The van der Waals surface area contributed by atoms with E-state index in [1.807, 2.05) is 0 Å². The lowest BCUT2D eigenvalue weighted by molar-refractivity contribution is -0.143. The predicted octanol–water partition coefficient (Wildman–Crippen LogP) is 5.62. The van der Waals surface area contributed by atoms with Crippen LogP contribution in [-0.4, -0.2) is 0 Å². The van der Waals surface area contributed by atoms with Gasteiger partial charge >= 0.3 is 12.4 Å². The summed E-state index contributed by atoms with van der Waals surface area (Å²) in [5.74, 6) is 0. The van der Waals surface area contributed by atoms with E-state index in [0.29, 0.717) is 11.6 Å². The van der Waals surface area contributed by atoms with E-state index in [1.54, 1.807) is 31.2 Å². The van der Waals surface area contributed by atoms with Crippen LogP contribution in [0.2, 0.25) is 0 Å². The van der Waals surface area contributed by atoms with Crippen molar-refractivity contribution in [2.24, 2.45) is 0 Å². The Morgan fingerprint density at radius 3 is 2.05 bits per heavy atom. The fourth-order valence-electron chi connectivity index (χ4n) is 2.21. The highest BCUT2D eigenvalue weighted by Gasteiger charge is 2.37. The van der Waals surface area contributed by atoms with Crippen LogP contribution >= 0.6 is 0 Å². The van der Waals surface area contributed by atoms with Gasteiger partial charge in [0.2, 0.25) is 0 Å². The number of rotatable bonds is 2. The second-order valence-electron chi connectivity index (χ2n) is 5.03. The van der Waals surface area contributed by atoms with Gasteiger partial charge in [0.1, 0.15) is 0 Å². The zero-order chi connectivity index (χ0) is 16.5. The molecular formula is C16H12F6. The fraction of sp³-hybridized carbons (Fsp3) is 0.250. The summed E-state index contributed by atoms with van der Waals surface area (Å²) in [5, 5.41) is 0. The minimum absolute atomic E-state index is 0.0747. The molecule has 2 aromatic carbocycles. The minimum Gasteiger partial charge on any atom is -0.166 e. The number of hydrogen-bond acceptors (Lipinski definition) is 0. The SMILES string of the molecule is Cc1cccc(Cc2ccc(C(F)(F)F)cc2C(F)(F)F)c1. The Morgan fingerprint density at radius 2 is 1.50 bits per heavy atom. The smallest absolute Gasteiger partial charge is 0.166 e. The van der Waals surface area contributed by atoms with E-state index in [9.17, 15) is 26.3 Å². The van der Waals surface area contributed by atoms with Crippen molar-refractivity contribution in [2.45, 2.75) is 25.7 Å². The molecule has 2 rings (SSSR count). The third-order valence-electron chi connectivity index (χ3n) is 3.22. The summed E-state index contributed by atoms with van der Waals surface area (Å²) in [6.45, 7) is 1.79. The summed E-state index contributed by atoms with van der Waals surface area (Å²) in [6, 6.07) is 8.59. The Balaban J connectivity index is 2.47. The standard InChI is InChI=1S/C16H12F6/c1-10-3-2-4-11(7-10)8-12-5-6-13(15(17,18)19)9-14(12)16(20,21)22/h2-7,9H,8H2,1H3. The molecule has 0 aliphatic rings. The molecule has 0 N–H and O–H groups in total. The van der Waals surface area contributed by atoms with Gasteiger partial charge in [0.25, 0.3) is 0 Å². The Hall–Kier alpha value is -1.98. The predicted molar refractivity (Wildman–Crippen MR) is 70.4 cm³/mol. The van der Waals surface area contributed by atoms with Gasteiger partial charge < -0.3 is 0 Å². The van der Waals surface area contributed by atoms with Crippen LogP contribution in [0.4, 0.5) is 26.3 Å². The molecule has 6 heteroatoms. The van der Waals surface area contributed by atoms with Crippen LogP contribution in [0, 0.1) is 6.92 Å². The lowest BCUT2D eigenvalue weighted by Crippen LogP contribution is -2.13. The maximum Gasteiger partial charge on any atom is 0.416 e. The number of halogens is 6. The second-order valence-corrected chi connectivity index (χ2v) is 5.03. The summed E-state index contributed by atoms with van der Waals surface area (Å²) in [5.41, 5.74) is -1.23. The highest BCUT2D eigenvalue weighted by Crippen LogP contribution is 2.37. The van der Waals surface area contributed by atoms with Crippen molar-refractivity contribution in [1.29, 1.82) is 0 Å². The van der Waals surface area contributed by atoms with Gasteiger partial charge in [-0.25, -0.2) is 0 Å². The maximum absolute atomic E-state index is 13.0. The van der Waals surface area contributed by atoms with Gasteiger partial charge in [-0.15, -0.1) is 0 Å². The molecule has 0 spiro atoms. The Kier molecular flexibility index (Phi) is 4.22. The van der Waals surface area contributed by atoms with Crippen molar-refractivity contribution in [3.8, 4) is 0 Å². The molecule has 0 atom stereocenters. The van der Waals surface area contributed by atoms with Gasteiger partial charge in [-0.05, 0) is 36.6 Å². The highest BCUT2D eigenvalue weighted by atomic mass is 19.4. The zero-order valence-corrected chi connectivity index (χ0v) is 11.5. The lowest BCUT2D eigenvalue weighted by Gasteiger charge is -2.16. The normalized spacial score (nSPS) is 12.5. The summed E-state index contributed by atoms with van der Waals surface area (Å²) in [7, 11) is 0. The molecule has 0 amide bonds. The zero-order valence-electron chi connectivity index (χ0n) is 11.5. The first-order valence-corrected chi connectivity index (χ1v) is 6.40. The van der Waals surface area contributed by atoms with Crippen molar-refractivity contribution in [2.75, 3.05) is 0 Å². The van der Waals surface area contributed by atoms with Gasteiger partial charge in [0.15, 0.2) is 0 Å². The summed E-state index contributed by atoms with van der Waals surface area (Å²) in [6.07, 6.45) is -9.71. The van der Waals surface area contributed by atoms with E-state index in [4.69, 9.17) is 0 Å². The molecule has 0 radical (unpaired) electrons. The van der Waals surface area contributed by atoms with E-state index in [-0.39, 0.29) is 18.1 Å². The molecule has 0 nitrogen and oxygen atoms in total. The van der Waals surface area contributed by atoms with E-state index < -0.39 is 23.5 Å². The number of hydrogen-bond donors (Lipinski definition) is 0. The molecule has 0 heterocycles. The highest BCUT2D eigenvalue weighted by molar-refractivity contribution is 5.39. The minimum atomic E-state index is -4.83. The lowest BCUT2D eigenvalue weighted by atomic mass is 9.96. The topological polar surface area (TPSA) is 0 Å². The number of aryl methyl sites for hydroxylation is 1. The molecule has 0 aliphatic heterocycles. The van der Waals surface area contributed by atoms with Crippen molar-refractivity contribution >= 4 is 0 Å². The van der Waals surface area contributed by atoms with Gasteiger partial charge in [0.05, 0.1) is 11.1 Å². The quantitative estimate of drug-likeness (QED) is 0.630. The second kappa shape index (κ2) is 5.66. The van der Waals surface area contributed by atoms with Crippen molar-refractivity contribution in [3.63, 3.8) is 0 Å². The van der Waals surface area contributed by atoms with Gasteiger partial charge in [0, 0.05) is 0 Å². The molecule has 0 aliphatic carbocycles. The molecule has 0 saturated carbocycles. The third-order valence-corrected chi connectivity index (χ3v) is 3.22. The Labute approximate surface area is 123 Å². The summed E-state index contributed by atoms with van der Waals surface area (Å²) < 4.78 is 76.9. The average molecular weight is 318 g/mol. The van der Waals surface area contributed by atoms with Crippen molar-refractivity contribution in [3.05, 3.63) is 70.3 Å².